The average molecular weight is 336 g/mol. The van der Waals surface area contributed by atoms with Crippen LogP contribution in [0.3, 0.4) is 0 Å². The van der Waals surface area contributed by atoms with Crippen molar-refractivity contribution >= 4 is 17.8 Å². The summed E-state index contributed by atoms with van der Waals surface area (Å²) in [6.45, 7) is 3.56. The lowest BCUT2D eigenvalue weighted by Gasteiger charge is -2.22. The standard InChI is InChI=1S/C17H24N2O5/c1-4-24-17(22)11(2)10-13(15(18)20)19-16(21)14(23-3)12-8-6-5-7-9-12/h5-9,11,13-14H,4,10H2,1-3H3,(H2,18,20)(H,19,21)/t11-,13-,14+/m0/s1. The Hall–Kier alpha value is -2.41. The Morgan fingerprint density at radius 2 is 1.83 bits per heavy atom. The second-order valence-corrected chi connectivity index (χ2v) is 5.38. The van der Waals surface area contributed by atoms with Crippen LogP contribution in [0.4, 0.5) is 0 Å². The Morgan fingerprint density at radius 1 is 1.21 bits per heavy atom. The van der Waals surface area contributed by atoms with Crippen LogP contribution in [0.15, 0.2) is 30.3 Å². The number of hydrogen-bond donors (Lipinski definition) is 2. The number of nitrogens with two attached hydrogens (primary N) is 1. The number of hydrogen-bond acceptors (Lipinski definition) is 5. The molecule has 1 aromatic carbocycles. The number of primary amides is 1. The van der Waals surface area contributed by atoms with Crippen LogP contribution in [-0.4, -0.2) is 37.5 Å². The monoisotopic (exact) mass is 336 g/mol. The number of carbonyl (C=O) groups excluding carboxylic acids is 3. The second-order valence-electron chi connectivity index (χ2n) is 5.38. The first-order chi connectivity index (χ1) is 11.4. The first-order valence-electron chi connectivity index (χ1n) is 7.74. The van der Waals surface area contributed by atoms with Crippen molar-refractivity contribution in [1.29, 1.82) is 0 Å². The van der Waals surface area contributed by atoms with Gasteiger partial charge in [-0.15, -0.1) is 0 Å². The molecule has 0 heterocycles. The van der Waals surface area contributed by atoms with E-state index in [-0.39, 0.29) is 13.0 Å². The van der Waals surface area contributed by atoms with E-state index in [9.17, 15) is 14.4 Å². The molecule has 0 aliphatic rings. The SMILES string of the molecule is CCOC(=O)[C@@H](C)C[C@H](NC(=O)[C@H](OC)c1ccccc1)C(N)=O. The van der Waals surface area contributed by atoms with Crippen molar-refractivity contribution < 1.29 is 23.9 Å². The van der Waals surface area contributed by atoms with Gasteiger partial charge < -0.3 is 20.5 Å². The molecule has 0 aliphatic carbocycles. The number of esters is 1. The van der Waals surface area contributed by atoms with E-state index >= 15 is 0 Å². The van der Waals surface area contributed by atoms with Crippen LogP contribution in [0.1, 0.15) is 31.9 Å². The normalized spacial score (nSPS) is 14.3. The first kappa shape index (κ1) is 19.6. The first-order valence-corrected chi connectivity index (χ1v) is 7.74. The smallest absolute Gasteiger partial charge is 0.308 e. The van der Waals surface area contributed by atoms with Crippen molar-refractivity contribution in [2.75, 3.05) is 13.7 Å². The van der Waals surface area contributed by atoms with Crippen LogP contribution >= 0.6 is 0 Å². The van der Waals surface area contributed by atoms with Crippen molar-refractivity contribution in [3.63, 3.8) is 0 Å². The van der Waals surface area contributed by atoms with Gasteiger partial charge in [-0.05, 0) is 18.9 Å². The van der Waals surface area contributed by atoms with E-state index in [2.05, 4.69) is 5.32 Å². The highest BCUT2D eigenvalue weighted by atomic mass is 16.5. The van der Waals surface area contributed by atoms with Gasteiger partial charge in [0, 0.05) is 7.11 Å². The summed E-state index contributed by atoms with van der Waals surface area (Å²) in [5, 5.41) is 2.55. The molecule has 24 heavy (non-hydrogen) atoms. The summed E-state index contributed by atoms with van der Waals surface area (Å²) < 4.78 is 10.1. The second kappa shape index (κ2) is 9.67. The molecule has 0 fully saturated rings. The van der Waals surface area contributed by atoms with E-state index < -0.39 is 35.8 Å². The molecule has 3 atom stereocenters. The van der Waals surface area contributed by atoms with Crippen molar-refractivity contribution in [3.8, 4) is 0 Å². The van der Waals surface area contributed by atoms with Gasteiger partial charge in [0.15, 0.2) is 6.10 Å². The Labute approximate surface area is 141 Å². The maximum atomic E-state index is 12.4. The van der Waals surface area contributed by atoms with Crippen LogP contribution in [0.2, 0.25) is 0 Å². The highest BCUT2D eigenvalue weighted by molar-refractivity contribution is 5.89. The summed E-state index contributed by atoms with van der Waals surface area (Å²) in [5.41, 5.74) is 5.99. The van der Waals surface area contributed by atoms with Gasteiger partial charge in [-0.25, -0.2) is 0 Å². The molecule has 2 amide bonds. The molecule has 1 rings (SSSR count). The number of amides is 2. The van der Waals surface area contributed by atoms with Gasteiger partial charge in [0.2, 0.25) is 5.91 Å². The minimum absolute atomic E-state index is 0.0606. The van der Waals surface area contributed by atoms with E-state index in [1.165, 1.54) is 7.11 Å². The number of methoxy groups -OCH3 is 1. The lowest BCUT2D eigenvalue weighted by Crippen LogP contribution is -2.47. The highest BCUT2D eigenvalue weighted by Crippen LogP contribution is 2.17. The molecule has 132 valence electrons. The highest BCUT2D eigenvalue weighted by Gasteiger charge is 2.28. The van der Waals surface area contributed by atoms with Crippen LogP contribution in [0, 0.1) is 5.92 Å². The van der Waals surface area contributed by atoms with Gasteiger partial charge in [0.1, 0.15) is 6.04 Å². The van der Waals surface area contributed by atoms with E-state index in [0.29, 0.717) is 5.56 Å². The minimum Gasteiger partial charge on any atom is -0.466 e. The van der Waals surface area contributed by atoms with Gasteiger partial charge in [0.05, 0.1) is 12.5 Å². The molecule has 7 heteroatoms. The molecule has 0 unspecified atom stereocenters. The van der Waals surface area contributed by atoms with E-state index in [1.54, 1.807) is 38.1 Å². The summed E-state index contributed by atoms with van der Waals surface area (Å²) in [6, 6.07) is 7.88. The van der Waals surface area contributed by atoms with E-state index in [1.807, 2.05) is 6.07 Å². The van der Waals surface area contributed by atoms with Gasteiger partial charge in [-0.2, -0.15) is 0 Å². The molecule has 0 bridgehead atoms. The fourth-order valence-electron chi connectivity index (χ4n) is 2.25. The lowest BCUT2D eigenvalue weighted by molar-refractivity contribution is -0.148. The molecule has 0 saturated carbocycles. The Morgan fingerprint density at radius 3 is 2.33 bits per heavy atom. The third kappa shape index (κ3) is 5.66. The predicted octanol–water partition coefficient (Wildman–Crippen LogP) is 0.933. The zero-order chi connectivity index (χ0) is 18.1. The van der Waals surface area contributed by atoms with Crippen molar-refractivity contribution in [2.45, 2.75) is 32.4 Å². The molecule has 0 spiro atoms. The zero-order valence-electron chi connectivity index (χ0n) is 14.2. The van der Waals surface area contributed by atoms with Crippen molar-refractivity contribution in [2.24, 2.45) is 11.7 Å². The van der Waals surface area contributed by atoms with E-state index in [4.69, 9.17) is 15.2 Å². The molecule has 0 saturated heterocycles. The average Bonchev–Trinajstić information content (AvgIpc) is 2.55. The third-order valence-corrected chi connectivity index (χ3v) is 3.51. The van der Waals surface area contributed by atoms with E-state index in [0.717, 1.165) is 0 Å². The maximum Gasteiger partial charge on any atom is 0.308 e. The predicted molar refractivity (Wildman–Crippen MR) is 87.7 cm³/mol. The molecule has 0 aliphatic heterocycles. The summed E-state index contributed by atoms with van der Waals surface area (Å²) >= 11 is 0. The Balaban J connectivity index is 2.78. The Bertz CT molecular complexity index is 561. The number of nitrogens with one attached hydrogen (secondary N) is 1. The topological polar surface area (TPSA) is 108 Å². The van der Waals surface area contributed by atoms with Crippen LogP contribution in [-0.2, 0) is 23.9 Å². The third-order valence-electron chi connectivity index (χ3n) is 3.51. The van der Waals surface area contributed by atoms with Gasteiger partial charge in [-0.1, -0.05) is 37.3 Å². The lowest BCUT2D eigenvalue weighted by atomic mass is 10.0. The number of ether oxygens (including phenoxy) is 2. The molecule has 7 nitrogen and oxygen atoms in total. The van der Waals surface area contributed by atoms with Crippen LogP contribution in [0.5, 0.6) is 0 Å². The van der Waals surface area contributed by atoms with Gasteiger partial charge in [-0.3, -0.25) is 14.4 Å². The molecule has 1 aromatic rings. The Kier molecular flexibility index (Phi) is 7.91. The summed E-state index contributed by atoms with van der Waals surface area (Å²) in [5.74, 6) is -2.23. The van der Waals surface area contributed by atoms with Crippen molar-refractivity contribution in [3.05, 3.63) is 35.9 Å². The fraction of sp³-hybridized carbons (Fsp3) is 0.471. The number of benzene rings is 1. The fourth-order valence-corrected chi connectivity index (χ4v) is 2.25. The molecular formula is C17H24N2O5. The van der Waals surface area contributed by atoms with Crippen LogP contribution in [0.25, 0.3) is 0 Å². The minimum atomic E-state index is -0.988. The summed E-state index contributed by atoms with van der Waals surface area (Å²) in [6.07, 6.45) is -0.809. The number of rotatable bonds is 9. The van der Waals surface area contributed by atoms with Crippen LogP contribution < -0.4 is 11.1 Å². The molecule has 0 radical (unpaired) electrons. The molecular weight excluding hydrogens is 312 g/mol. The zero-order valence-corrected chi connectivity index (χ0v) is 14.2. The number of carbonyl (C=O) groups is 3. The maximum absolute atomic E-state index is 12.4. The molecule has 0 aromatic heterocycles. The largest absolute Gasteiger partial charge is 0.466 e. The van der Waals surface area contributed by atoms with Crippen molar-refractivity contribution in [1.82, 2.24) is 5.32 Å². The molecule has 3 N–H and O–H groups in total. The summed E-state index contributed by atoms with van der Waals surface area (Å²) in [7, 11) is 1.40. The summed E-state index contributed by atoms with van der Waals surface area (Å²) in [4.78, 5) is 35.7. The van der Waals surface area contributed by atoms with Gasteiger partial charge in [0.25, 0.3) is 5.91 Å². The van der Waals surface area contributed by atoms with Gasteiger partial charge >= 0.3 is 5.97 Å². The quantitative estimate of drug-likeness (QED) is 0.652.